The molecule has 2 rings (SSSR count). The quantitative estimate of drug-likeness (QED) is 0.680. The zero-order valence-corrected chi connectivity index (χ0v) is 11.5. The first-order valence-electron chi connectivity index (χ1n) is 5.68. The third-order valence-corrected chi connectivity index (χ3v) is 3.87. The zero-order valence-electron chi connectivity index (χ0n) is 9.87. The van der Waals surface area contributed by atoms with E-state index in [-0.39, 0.29) is 10.6 Å². The summed E-state index contributed by atoms with van der Waals surface area (Å²) in [4.78, 5) is 10.4. The van der Waals surface area contributed by atoms with Crippen molar-refractivity contribution >= 4 is 27.3 Å². The van der Waals surface area contributed by atoms with Crippen molar-refractivity contribution in [3.63, 3.8) is 0 Å². The van der Waals surface area contributed by atoms with Crippen LogP contribution in [0, 0.1) is 23.0 Å². The molecular formula is C12H15BrN2O2. The minimum atomic E-state index is -0.352. The van der Waals surface area contributed by atoms with E-state index in [0.29, 0.717) is 11.6 Å². The number of nitro benzene ring substituents is 1. The summed E-state index contributed by atoms with van der Waals surface area (Å²) in [6.07, 6.45) is 2.34. The monoisotopic (exact) mass is 298 g/mol. The van der Waals surface area contributed by atoms with E-state index in [1.807, 2.05) is 6.07 Å². The number of halogens is 1. The van der Waals surface area contributed by atoms with Crippen LogP contribution in [0.25, 0.3) is 0 Å². The summed E-state index contributed by atoms with van der Waals surface area (Å²) >= 11 is 3.38. The number of rotatable bonds is 3. The molecule has 0 heterocycles. The van der Waals surface area contributed by atoms with Crippen molar-refractivity contribution in [2.45, 2.75) is 32.7 Å². The number of nitrogens with zero attached hydrogens (tertiary/aromatic N) is 1. The summed E-state index contributed by atoms with van der Waals surface area (Å²) in [5.41, 5.74) is 1.79. The van der Waals surface area contributed by atoms with Crippen LogP contribution in [0.15, 0.2) is 16.6 Å². The highest BCUT2D eigenvalue weighted by Gasteiger charge is 2.26. The van der Waals surface area contributed by atoms with Crippen LogP contribution in [0.1, 0.15) is 25.3 Å². The first kappa shape index (κ1) is 12.4. The number of anilines is 1. The Kier molecular flexibility index (Phi) is 3.38. The lowest BCUT2D eigenvalue weighted by molar-refractivity contribution is -0.385. The number of hydrogen-bond donors (Lipinski definition) is 1. The van der Waals surface area contributed by atoms with Gasteiger partial charge in [-0.25, -0.2) is 0 Å². The molecule has 4 nitrogen and oxygen atoms in total. The second-order valence-electron chi connectivity index (χ2n) is 4.79. The van der Waals surface area contributed by atoms with E-state index in [4.69, 9.17) is 0 Å². The van der Waals surface area contributed by atoms with Crippen LogP contribution < -0.4 is 5.32 Å². The van der Waals surface area contributed by atoms with Gasteiger partial charge in [0.15, 0.2) is 0 Å². The minimum absolute atomic E-state index is 0.157. The van der Waals surface area contributed by atoms with Crippen molar-refractivity contribution in [1.29, 1.82) is 0 Å². The lowest BCUT2D eigenvalue weighted by Gasteiger charge is -2.34. The molecular weight excluding hydrogens is 284 g/mol. The largest absolute Gasteiger partial charge is 0.381 e. The maximum Gasteiger partial charge on any atom is 0.273 e. The molecule has 1 aliphatic rings. The Balaban J connectivity index is 2.18. The van der Waals surface area contributed by atoms with Gasteiger partial charge >= 0.3 is 0 Å². The second kappa shape index (κ2) is 4.64. The van der Waals surface area contributed by atoms with Gasteiger partial charge in [-0.2, -0.15) is 0 Å². The topological polar surface area (TPSA) is 55.2 Å². The fourth-order valence-electron chi connectivity index (χ4n) is 2.22. The smallest absolute Gasteiger partial charge is 0.273 e. The summed E-state index contributed by atoms with van der Waals surface area (Å²) in [7, 11) is 0. The van der Waals surface area contributed by atoms with E-state index in [9.17, 15) is 10.1 Å². The van der Waals surface area contributed by atoms with Gasteiger partial charge in [0.25, 0.3) is 5.69 Å². The molecule has 0 unspecified atom stereocenters. The lowest BCUT2D eigenvalue weighted by Crippen LogP contribution is -2.33. The van der Waals surface area contributed by atoms with Crippen molar-refractivity contribution < 1.29 is 4.92 Å². The van der Waals surface area contributed by atoms with Crippen LogP contribution in [0.3, 0.4) is 0 Å². The molecule has 1 aliphatic carbocycles. The molecule has 1 aromatic rings. The highest BCUT2D eigenvalue weighted by molar-refractivity contribution is 9.10. The van der Waals surface area contributed by atoms with Crippen molar-refractivity contribution in [2.75, 3.05) is 5.32 Å². The number of nitrogens with one attached hydrogen (secondary N) is 1. The molecule has 0 aromatic heterocycles. The van der Waals surface area contributed by atoms with E-state index < -0.39 is 0 Å². The van der Waals surface area contributed by atoms with Gasteiger partial charge in [0.1, 0.15) is 0 Å². The van der Waals surface area contributed by atoms with E-state index in [2.05, 4.69) is 28.2 Å². The maximum absolute atomic E-state index is 10.8. The molecule has 1 aromatic carbocycles. The number of aryl methyl sites for hydroxylation is 1. The fourth-order valence-corrected chi connectivity index (χ4v) is 2.66. The maximum atomic E-state index is 10.8. The van der Waals surface area contributed by atoms with E-state index in [1.165, 1.54) is 12.8 Å². The van der Waals surface area contributed by atoms with Gasteiger partial charge in [-0.3, -0.25) is 10.1 Å². The Labute approximate surface area is 109 Å². The molecule has 1 N–H and O–H groups in total. The average Bonchev–Trinajstić information content (AvgIpc) is 2.20. The van der Waals surface area contributed by atoms with Gasteiger partial charge in [-0.05, 0) is 47.7 Å². The van der Waals surface area contributed by atoms with Crippen LogP contribution in [0.2, 0.25) is 0 Å². The molecule has 1 fully saturated rings. The summed E-state index contributed by atoms with van der Waals surface area (Å²) in [6, 6.07) is 3.91. The molecule has 17 heavy (non-hydrogen) atoms. The Morgan fingerprint density at radius 3 is 2.65 bits per heavy atom. The Hall–Kier alpha value is -1.10. The zero-order chi connectivity index (χ0) is 12.6. The van der Waals surface area contributed by atoms with Crippen LogP contribution >= 0.6 is 15.9 Å². The van der Waals surface area contributed by atoms with E-state index in [1.54, 1.807) is 13.0 Å². The Bertz CT molecular complexity index is 456. The second-order valence-corrected chi connectivity index (χ2v) is 5.65. The summed E-state index contributed by atoms with van der Waals surface area (Å²) in [6.45, 7) is 3.99. The fraction of sp³-hybridized carbons (Fsp3) is 0.500. The van der Waals surface area contributed by atoms with Gasteiger partial charge in [-0.1, -0.05) is 6.92 Å². The van der Waals surface area contributed by atoms with Gasteiger partial charge in [0, 0.05) is 27.8 Å². The molecule has 5 heteroatoms. The molecule has 0 aliphatic heterocycles. The van der Waals surface area contributed by atoms with Crippen LogP contribution in [0.4, 0.5) is 11.4 Å². The highest BCUT2D eigenvalue weighted by Crippen LogP contribution is 2.35. The molecule has 0 spiro atoms. The molecule has 0 amide bonds. The lowest BCUT2D eigenvalue weighted by atomic mass is 9.82. The van der Waals surface area contributed by atoms with Crippen LogP contribution in [0.5, 0.6) is 0 Å². The predicted molar refractivity (Wildman–Crippen MR) is 71.3 cm³/mol. The SMILES string of the molecule is Cc1cc(NC2CC(C)C2)c(Br)cc1[N+](=O)[O-]. The molecule has 1 saturated carbocycles. The van der Waals surface area contributed by atoms with Crippen LogP contribution in [-0.2, 0) is 0 Å². The Morgan fingerprint density at radius 2 is 2.12 bits per heavy atom. The average molecular weight is 299 g/mol. The summed E-state index contributed by atoms with van der Waals surface area (Å²) in [5.74, 6) is 0.783. The third kappa shape index (κ3) is 2.60. The van der Waals surface area contributed by atoms with E-state index in [0.717, 1.165) is 16.1 Å². The van der Waals surface area contributed by atoms with Crippen molar-refractivity contribution in [3.8, 4) is 0 Å². The summed E-state index contributed by atoms with van der Waals surface area (Å²) < 4.78 is 0.759. The summed E-state index contributed by atoms with van der Waals surface area (Å²) in [5, 5.41) is 14.2. The molecule has 0 bridgehead atoms. The van der Waals surface area contributed by atoms with E-state index >= 15 is 0 Å². The van der Waals surface area contributed by atoms with Gasteiger partial charge < -0.3 is 5.32 Å². The Morgan fingerprint density at radius 1 is 1.47 bits per heavy atom. The van der Waals surface area contributed by atoms with Gasteiger partial charge in [0.05, 0.1) is 4.92 Å². The molecule has 0 atom stereocenters. The third-order valence-electron chi connectivity index (χ3n) is 3.22. The van der Waals surface area contributed by atoms with Crippen molar-refractivity contribution in [3.05, 3.63) is 32.3 Å². The molecule has 92 valence electrons. The standard InChI is InChI=1S/C12H15BrN2O2/c1-7-3-9(4-7)14-11-5-8(2)12(15(16)17)6-10(11)13/h5-7,9,14H,3-4H2,1-2H3. The normalized spacial score (nSPS) is 23.0. The highest BCUT2D eigenvalue weighted by atomic mass is 79.9. The van der Waals surface area contributed by atoms with Crippen molar-refractivity contribution in [2.24, 2.45) is 5.92 Å². The first-order valence-corrected chi connectivity index (χ1v) is 6.47. The number of hydrogen-bond acceptors (Lipinski definition) is 3. The van der Waals surface area contributed by atoms with Gasteiger partial charge in [-0.15, -0.1) is 0 Å². The number of nitro groups is 1. The van der Waals surface area contributed by atoms with Gasteiger partial charge in [0.2, 0.25) is 0 Å². The predicted octanol–water partition coefficient (Wildman–Crippen LogP) is 3.88. The minimum Gasteiger partial charge on any atom is -0.381 e. The number of benzene rings is 1. The van der Waals surface area contributed by atoms with Crippen molar-refractivity contribution in [1.82, 2.24) is 0 Å². The molecule has 0 saturated heterocycles. The molecule has 0 radical (unpaired) electrons. The first-order chi connectivity index (χ1) is 7.97. The van der Waals surface area contributed by atoms with Crippen LogP contribution in [-0.4, -0.2) is 11.0 Å².